The van der Waals surface area contributed by atoms with Crippen LogP contribution in [0, 0.1) is 0 Å². The van der Waals surface area contributed by atoms with Gasteiger partial charge in [-0.05, 0) is 102 Å². The van der Waals surface area contributed by atoms with E-state index in [9.17, 15) is 0 Å². The van der Waals surface area contributed by atoms with Gasteiger partial charge in [-0.1, -0.05) is 164 Å². The molecule has 0 spiro atoms. The summed E-state index contributed by atoms with van der Waals surface area (Å²) in [6.45, 7) is 0. The molecule has 1 heterocycles. The van der Waals surface area contributed by atoms with Gasteiger partial charge in [0.2, 0.25) is 0 Å². The van der Waals surface area contributed by atoms with Crippen LogP contribution < -0.4 is 4.90 Å². The lowest BCUT2D eigenvalue weighted by atomic mass is 9.94. The van der Waals surface area contributed by atoms with Crippen molar-refractivity contribution in [3.05, 3.63) is 206 Å². The Balaban J connectivity index is 1.13. The van der Waals surface area contributed by atoms with E-state index in [-0.39, 0.29) is 0 Å². The van der Waals surface area contributed by atoms with E-state index in [1.54, 1.807) is 0 Å². The summed E-state index contributed by atoms with van der Waals surface area (Å²) in [6.07, 6.45) is 2.02. The molecule has 2 nitrogen and oxygen atoms in total. The van der Waals surface area contributed by atoms with Crippen molar-refractivity contribution in [3.8, 4) is 33.4 Å². The van der Waals surface area contributed by atoms with Crippen LogP contribution in [0.5, 0.6) is 0 Å². The summed E-state index contributed by atoms with van der Waals surface area (Å²) < 4.78 is 0. The Morgan fingerprint density at radius 1 is 0.340 bits per heavy atom. The Labute approximate surface area is 308 Å². The van der Waals surface area contributed by atoms with Crippen LogP contribution in [0.2, 0.25) is 0 Å². The minimum Gasteiger partial charge on any atom is -0.294 e. The molecule has 53 heavy (non-hydrogen) atoms. The van der Waals surface area contributed by atoms with Crippen LogP contribution in [-0.4, -0.2) is 4.98 Å². The highest BCUT2D eigenvalue weighted by molar-refractivity contribution is 6.20. The number of hydrogen-bond acceptors (Lipinski definition) is 2. The molecule has 10 aromatic rings. The number of pyridine rings is 1. The van der Waals surface area contributed by atoms with Crippen LogP contribution in [0.15, 0.2) is 206 Å². The molecular weight excluding hydrogens is 641 g/mol. The third-order valence-corrected chi connectivity index (χ3v) is 10.5. The van der Waals surface area contributed by atoms with E-state index in [1.807, 2.05) is 6.20 Å². The average molecular weight is 675 g/mol. The number of nitrogens with zero attached hydrogens (tertiary/aromatic N) is 2. The predicted molar refractivity (Wildman–Crippen MR) is 225 cm³/mol. The quantitative estimate of drug-likeness (QED) is 0.163. The maximum Gasteiger partial charge on any atom is 0.137 e. The van der Waals surface area contributed by atoms with E-state index in [0.717, 1.165) is 33.9 Å². The molecule has 9 aromatic carbocycles. The molecule has 0 saturated heterocycles. The van der Waals surface area contributed by atoms with Crippen molar-refractivity contribution >= 4 is 60.3 Å². The lowest BCUT2D eigenvalue weighted by Crippen LogP contribution is -2.12. The SMILES string of the molecule is c1ccc(-c2cccc(N(c3ccc(-c4ccc5ccc6ccc7ccccc7c6c5c4)cn3)c3ccc(-c4ccccc4)c4ccccc34)c2)cc1. The fourth-order valence-electron chi connectivity index (χ4n) is 7.89. The standard InChI is InChI=1S/C51H34N2/c1-3-12-35(13-4-1)40-17-11-18-43(32-40)53(49-30-29-44(36-14-5-2-6-15-36)46-20-9-10-21-47(46)49)50-31-28-42(34-52-50)41-27-24-38-23-26-39-25-22-37-16-7-8-19-45(37)51(39)48(38)33-41/h1-34H. The molecule has 0 bridgehead atoms. The minimum absolute atomic E-state index is 0.855. The first-order valence-electron chi connectivity index (χ1n) is 18.1. The summed E-state index contributed by atoms with van der Waals surface area (Å²) in [7, 11) is 0. The highest BCUT2D eigenvalue weighted by atomic mass is 15.2. The second-order valence-electron chi connectivity index (χ2n) is 13.6. The fourth-order valence-corrected chi connectivity index (χ4v) is 7.89. The Morgan fingerprint density at radius 2 is 0.943 bits per heavy atom. The van der Waals surface area contributed by atoms with Gasteiger partial charge in [-0.2, -0.15) is 0 Å². The third kappa shape index (κ3) is 5.49. The van der Waals surface area contributed by atoms with Crippen molar-refractivity contribution < 1.29 is 0 Å². The van der Waals surface area contributed by atoms with Crippen molar-refractivity contribution in [3.63, 3.8) is 0 Å². The molecule has 0 N–H and O–H groups in total. The largest absolute Gasteiger partial charge is 0.294 e. The number of aromatic nitrogens is 1. The third-order valence-electron chi connectivity index (χ3n) is 10.5. The van der Waals surface area contributed by atoms with E-state index in [4.69, 9.17) is 4.98 Å². The van der Waals surface area contributed by atoms with Crippen LogP contribution in [0.4, 0.5) is 17.2 Å². The molecule has 0 unspecified atom stereocenters. The van der Waals surface area contributed by atoms with E-state index in [0.29, 0.717) is 0 Å². The van der Waals surface area contributed by atoms with Gasteiger partial charge in [-0.25, -0.2) is 4.98 Å². The highest BCUT2D eigenvalue weighted by Crippen LogP contribution is 2.43. The highest BCUT2D eigenvalue weighted by Gasteiger charge is 2.19. The van der Waals surface area contributed by atoms with E-state index >= 15 is 0 Å². The number of benzene rings is 9. The number of rotatable bonds is 6. The van der Waals surface area contributed by atoms with Crippen LogP contribution in [-0.2, 0) is 0 Å². The summed E-state index contributed by atoms with van der Waals surface area (Å²) in [6, 6.07) is 71.9. The van der Waals surface area contributed by atoms with Crippen molar-refractivity contribution in [1.82, 2.24) is 4.98 Å². The Bertz CT molecular complexity index is 2930. The van der Waals surface area contributed by atoms with Crippen LogP contribution >= 0.6 is 0 Å². The van der Waals surface area contributed by atoms with Gasteiger partial charge in [0.1, 0.15) is 5.82 Å². The fraction of sp³-hybridized carbons (Fsp3) is 0. The molecule has 0 aliphatic heterocycles. The lowest BCUT2D eigenvalue weighted by Gasteiger charge is -2.27. The second-order valence-corrected chi connectivity index (χ2v) is 13.6. The Kier molecular flexibility index (Phi) is 7.51. The molecule has 1 aromatic heterocycles. The molecule has 0 aliphatic carbocycles. The first-order chi connectivity index (χ1) is 26.3. The van der Waals surface area contributed by atoms with Gasteiger partial charge in [0.25, 0.3) is 0 Å². The van der Waals surface area contributed by atoms with Crippen molar-refractivity contribution in [1.29, 1.82) is 0 Å². The molecular formula is C51H34N2. The number of fused-ring (bicyclic) bond motifs is 6. The normalized spacial score (nSPS) is 11.4. The summed E-state index contributed by atoms with van der Waals surface area (Å²) >= 11 is 0. The minimum atomic E-state index is 0.855. The van der Waals surface area contributed by atoms with Gasteiger partial charge in [-0.15, -0.1) is 0 Å². The molecule has 0 aliphatic rings. The predicted octanol–water partition coefficient (Wildman–Crippen LogP) is 14.2. The second kappa shape index (κ2) is 12.9. The maximum absolute atomic E-state index is 5.22. The van der Waals surface area contributed by atoms with Crippen molar-refractivity contribution in [2.75, 3.05) is 4.90 Å². The summed E-state index contributed by atoms with van der Waals surface area (Å²) in [5.74, 6) is 0.855. The lowest BCUT2D eigenvalue weighted by molar-refractivity contribution is 1.19. The Hall–Kier alpha value is -7.03. The van der Waals surface area contributed by atoms with Gasteiger partial charge in [0, 0.05) is 22.8 Å². The molecule has 0 atom stereocenters. The molecule has 10 rings (SSSR count). The first kappa shape index (κ1) is 30.8. The van der Waals surface area contributed by atoms with E-state index < -0.39 is 0 Å². The molecule has 0 amide bonds. The molecule has 0 fully saturated rings. The summed E-state index contributed by atoms with van der Waals surface area (Å²) in [5.41, 5.74) is 9.10. The number of hydrogen-bond donors (Lipinski definition) is 0. The zero-order chi connectivity index (χ0) is 35.1. The summed E-state index contributed by atoms with van der Waals surface area (Å²) in [4.78, 5) is 7.52. The van der Waals surface area contributed by atoms with E-state index in [1.165, 1.54) is 59.8 Å². The van der Waals surface area contributed by atoms with Gasteiger partial charge in [0.05, 0.1) is 5.69 Å². The monoisotopic (exact) mass is 674 g/mol. The van der Waals surface area contributed by atoms with Gasteiger partial charge in [0.15, 0.2) is 0 Å². The smallest absolute Gasteiger partial charge is 0.137 e. The molecule has 248 valence electrons. The van der Waals surface area contributed by atoms with Gasteiger partial charge >= 0.3 is 0 Å². The van der Waals surface area contributed by atoms with Crippen LogP contribution in [0.3, 0.4) is 0 Å². The zero-order valence-electron chi connectivity index (χ0n) is 29.0. The molecule has 0 saturated carbocycles. The Morgan fingerprint density at radius 3 is 1.72 bits per heavy atom. The van der Waals surface area contributed by atoms with E-state index in [2.05, 4.69) is 205 Å². The van der Waals surface area contributed by atoms with Crippen molar-refractivity contribution in [2.24, 2.45) is 0 Å². The average Bonchev–Trinajstić information content (AvgIpc) is 3.24. The topological polar surface area (TPSA) is 16.1 Å². The van der Waals surface area contributed by atoms with Gasteiger partial charge < -0.3 is 0 Å². The number of anilines is 3. The van der Waals surface area contributed by atoms with Crippen LogP contribution in [0.25, 0.3) is 76.5 Å². The molecule has 0 radical (unpaired) electrons. The first-order valence-corrected chi connectivity index (χ1v) is 18.1. The molecule has 2 heteroatoms. The zero-order valence-corrected chi connectivity index (χ0v) is 29.0. The summed E-state index contributed by atoms with van der Waals surface area (Å²) in [5, 5.41) is 9.93. The maximum atomic E-state index is 5.22. The van der Waals surface area contributed by atoms with Gasteiger partial charge in [-0.3, -0.25) is 4.90 Å². The van der Waals surface area contributed by atoms with Crippen LogP contribution in [0.1, 0.15) is 0 Å². The van der Waals surface area contributed by atoms with Crippen molar-refractivity contribution in [2.45, 2.75) is 0 Å².